The van der Waals surface area contributed by atoms with Crippen molar-refractivity contribution in [2.45, 2.75) is 51.3 Å². The van der Waals surface area contributed by atoms with Crippen molar-refractivity contribution in [1.29, 1.82) is 0 Å². The van der Waals surface area contributed by atoms with E-state index in [9.17, 15) is 5.11 Å². The normalized spacial score (nSPS) is 15.8. The summed E-state index contributed by atoms with van der Waals surface area (Å²) in [4.78, 5) is 0. The van der Waals surface area contributed by atoms with Crippen LogP contribution in [-0.4, -0.2) is 11.2 Å². The Balaban J connectivity index is 1.16. The maximum absolute atomic E-state index is 12.3. The number of aliphatic hydroxyl groups is 1. The van der Waals surface area contributed by atoms with E-state index in [0.29, 0.717) is 66.3 Å². The fraction of sp³-hybridized carbons (Fsp3) is 0.160. The molecule has 0 saturated heterocycles. The third-order valence-electron chi connectivity index (χ3n) is 9.76. The standard InChI is InChI=1S/C50H44O7/c51-48-49(41-26-27-43(53-32-37-18-8-2-9-19-37)44(28-41)54-33-38-20-10-3-11-21-38)57-46-30-42(52-31-36-16-6-1-7-17-36)29-45(55-34-39-22-12-4-13-23-39)47(46)50(48)56-35-40-24-14-5-15-25-40/h1-30,48-51H,31-35H2/t48-,49-,50+/m1/s1. The number of rotatable bonds is 16. The van der Waals surface area contributed by atoms with Crippen LogP contribution in [0.25, 0.3) is 0 Å². The minimum Gasteiger partial charge on any atom is -0.489 e. The molecule has 1 aliphatic rings. The van der Waals surface area contributed by atoms with Crippen LogP contribution in [0.4, 0.5) is 0 Å². The van der Waals surface area contributed by atoms with E-state index in [1.165, 1.54) is 0 Å². The second-order valence-electron chi connectivity index (χ2n) is 13.9. The minimum absolute atomic E-state index is 0.261. The molecule has 0 aliphatic carbocycles. The predicted molar refractivity (Wildman–Crippen MR) is 219 cm³/mol. The summed E-state index contributed by atoms with van der Waals surface area (Å²) in [6, 6.07) is 59.2. The van der Waals surface area contributed by atoms with Gasteiger partial charge in [0, 0.05) is 12.1 Å². The predicted octanol–water partition coefficient (Wildman–Crippen LogP) is 10.8. The zero-order chi connectivity index (χ0) is 38.7. The Morgan fingerprint density at radius 3 is 1.37 bits per heavy atom. The molecule has 57 heavy (non-hydrogen) atoms. The minimum atomic E-state index is -1.13. The van der Waals surface area contributed by atoms with Crippen molar-refractivity contribution >= 4 is 0 Å². The molecule has 7 nitrogen and oxygen atoms in total. The maximum atomic E-state index is 12.3. The number of benzene rings is 7. The van der Waals surface area contributed by atoms with E-state index in [2.05, 4.69) is 0 Å². The first-order valence-corrected chi connectivity index (χ1v) is 19.2. The van der Waals surface area contributed by atoms with E-state index in [0.717, 1.165) is 27.8 Å². The third-order valence-corrected chi connectivity index (χ3v) is 9.76. The summed E-state index contributed by atoms with van der Waals surface area (Å²) in [6.07, 6.45) is -2.79. The zero-order valence-electron chi connectivity index (χ0n) is 31.5. The van der Waals surface area contributed by atoms with Crippen molar-refractivity contribution in [3.63, 3.8) is 0 Å². The molecule has 8 rings (SSSR count). The maximum Gasteiger partial charge on any atom is 0.162 e. The van der Waals surface area contributed by atoms with Gasteiger partial charge in [0.2, 0.25) is 0 Å². The molecule has 0 fully saturated rings. The Kier molecular flexibility index (Phi) is 12.1. The Morgan fingerprint density at radius 1 is 0.421 bits per heavy atom. The Hall–Kier alpha value is -6.54. The molecule has 0 bridgehead atoms. The lowest BCUT2D eigenvalue weighted by Crippen LogP contribution is -2.36. The molecule has 1 aliphatic heterocycles. The van der Waals surface area contributed by atoms with Crippen LogP contribution in [0, 0.1) is 0 Å². The largest absolute Gasteiger partial charge is 0.489 e. The molecule has 1 N–H and O–H groups in total. The highest BCUT2D eigenvalue weighted by Gasteiger charge is 2.42. The van der Waals surface area contributed by atoms with Gasteiger partial charge in [-0.25, -0.2) is 0 Å². The second kappa shape index (κ2) is 18.4. The van der Waals surface area contributed by atoms with Crippen LogP contribution in [0.5, 0.6) is 28.7 Å². The summed E-state index contributed by atoms with van der Waals surface area (Å²) in [7, 11) is 0. The van der Waals surface area contributed by atoms with Crippen molar-refractivity contribution in [2.24, 2.45) is 0 Å². The highest BCUT2D eigenvalue weighted by atomic mass is 16.5. The van der Waals surface area contributed by atoms with E-state index in [4.69, 9.17) is 28.4 Å². The lowest BCUT2D eigenvalue weighted by Gasteiger charge is -2.38. The van der Waals surface area contributed by atoms with Gasteiger partial charge < -0.3 is 33.5 Å². The number of ether oxygens (including phenoxy) is 6. The van der Waals surface area contributed by atoms with Gasteiger partial charge in [0.15, 0.2) is 17.6 Å². The summed E-state index contributed by atoms with van der Waals surface area (Å²) in [5.41, 5.74) is 6.35. The molecule has 0 amide bonds. The van der Waals surface area contributed by atoms with Gasteiger partial charge in [0.1, 0.15) is 55.9 Å². The molecule has 7 aromatic carbocycles. The van der Waals surface area contributed by atoms with Crippen LogP contribution in [0.15, 0.2) is 182 Å². The van der Waals surface area contributed by atoms with Crippen LogP contribution < -0.4 is 23.7 Å². The van der Waals surface area contributed by atoms with Gasteiger partial charge in [-0.15, -0.1) is 0 Å². The number of aliphatic hydroxyl groups excluding tert-OH is 1. The van der Waals surface area contributed by atoms with Crippen LogP contribution in [0.1, 0.15) is 51.2 Å². The van der Waals surface area contributed by atoms with Gasteiger partial charge in [0.05, 0.1) is 12.2 Å². The second-order valence-corrected chi connectivity index (χ2v) is 13.9. The molecule has 1 heterocycles. The molecular formula is C50H44O7. The van der Waals surface area contributed by atoms with Crippen molar-refractivity contribution < 1.29 is 33.5 Å². The highest BCUT2D eigenvalue weighted by Crippen LogP contribution is 2.50. The lowest BCUT2D eigenvalue weighted by atomic mass is 9.91. The molecule has 0 saturated carbocycles. The van der Waals surface area contributed by atoms with E-state index >= 15 is 0 Å². The number of hydrogen-bond acceptors (Lipinski definition) is 7. The molecule has 0 unspecified atom stereocenters. The summed E-state index contributed by atoms with van der Waals surface area (Å²) in [6.45, 7) is 1.61. The van der Waals surface area contributed by atoms with Gasteiger partial charge in [-0.1, -0.05) is 158 Å². The average Bonchev–Trinajstić information content (AvgIpc) is 3.27. The first-order chi connectivity index (χ1) is 28.2. The van der Waals surface area contributed by atoms with E-state index in [-0.39, 0.29) is 6.61 Å². The van der Waals surface area contributed by atoms with Crippen molar-refractivity contribution in [2.75, 3.05) is 0 Å². The molecule has 0 aromatic heterocycles. The summed E-state index contributed by atoms with van der Waals surface area (Å²) >= 11 is 0. The van der Waals surface area contributed by atoms with E-state index < -0.39 is 18.3 Å². The van der Waals surface area contributed by atoms with E-state index in [1.54, 1.807) is 0 Å². The average molecular weight is 757 g/mol. The highest BCUT2D eigenvalue weighted by molar-refractivity contribution is 5.55. The van der Waals surface area contributed by atoms with Crippen LogP contribution in [-0.2, 0) is 37.8 Å². The quantitative estimate of drug-likeness (QED) is 0.105. The van der Waals surface area contributed by atoms with Gasteiger partial charge in [-0.05, 0) is 45.5 Å². The Labute approximate surface area is 333 Å². The van der Waals surface area contributed by atoms with Crippen LogP contribution in [0.3, 0.4) is 0 Å². The zero-order valence-corrected chi connectivity index (χ0v) is 31.5. The monoisotopic (exact) mass is 756 g/mol. The smallest absolute Gasteiger partial charge is 0.162 e. The van der Waals surface area contributed by atoms with Crippen molar-refractivity contribution in [1.82, 2.24) is 0 Å². The van der Waals surface area contributed by atoms with Gasteiger partial charge in [0.25, 0.3) is 0 Å². The fourth-order valence-corrected chi connectivity index (χ4v) is 6.78. The first kappa shape index (κ1) is 37.4. The summed E-state index contributed by atoms with van der Waals surface area (Å²) in [5, 5.41) is 12.3. The number of fused-ring (bicyclic) bond motifs is 1. The van der Waals surface area contributed by atoms with Crippen molar-refractivity contribution in [3.05, 3.63) is 221 Å². The Morgan fingerprint density at radius 2 is 0.860 bits per heavy atom. The molecule has 7 heteroatoms. The third kappa shape index (κ3) is 9.65. The molecule has 0 spiro atoms. The van der Waals surface area contributed by atoms with Crippen molar-refractivity contribution in [3.8, 4) is 28.7 Å². The molecule has 7 aromatic rings. The molecule has 0 radical (unpaired) electrons. The fourth-order valence-electron chi connectivity index (χ4n) is 6.78. The van der Waals surface area contributed by atoms with Crippen LogP contribution in [0.2, 0.25) is 0 Å². The van der Waals surface area contributed by atoms with Gasteiger partial charge in [-0.3, -0.25) is 0 Å². The van der Waals surface area contributed by atoms with Gasteiger partial charge in [-0.2, -0.15) is 0 Å². The molecule has 286 valence electrons. The summed E-state index contributed by atoms with van der Waals surface area (Å²) in [5.74, 6) is 2.67. The van der Waals surface area contributed by atoms with Gasteiger partial charge >= 0.3 is 0 Å². The SMILES string of the molecule is O[C@@H]1[C@@H](c2ccc(OCc3ccccc3)c(OCc3ccccc3)c2)Oc2cc(OCc3ccccc3)cc(OCc3ccccc3)c2[C@@H]1OCc1ccccc1. The topological polar surface area (TPSA) is 75.6 Å². The first-order valence-electron chi connectivity index (χ1n) is 19.2. The Bertz CT molecular complexity index is 2300. The lowest BCUT2D eigenvalue weighted by molar-refractivity contribution is -0.109. The molecular weight excluding hydrogens is 713 g/mol. The summed E-state index contributed by atoms with van der Waals surface area (Å²) < 4.78 is 39.1. The molecule has 3 atom stereocenters. The van der Waals surface area contributed by atoms with E-state index in [1.807, 2.05) is 182 Å². The number of hydrogen-bond donors (Lipinski definition) is 1. The van der Waals surface area contributed by atoms with Crippen LogP contribution >= 0.6 is 0 Å².